The molecule has 2 aliphatic rings. The quantitative estimate of drug-likeness (QED) is 0.219. The van der Waals surface area contributed by atoms with Crippen molar-refractivity contribution >= 4 is 22.4 Å². The lowest BCUT2D eigenvalue weighted by Crippen LogP contribution is -2.49. The van der Waals surface area contributed by atoms with Crippen molar-refractivity contribution in [2.45, 2.75) is 76.6 Å². The van der Waals surface area contributed by atoms with Crippen LogP contribution in [0, 0.1) is 26.2 Å². The summed E-state index contributed by atoms with van der Waals surface area (Å²) in [6.07, 6.45) is 0.801. The Balaban J connectivity index is 1.47. The van der Waals surface area contributed by atoms with Crippen molar-refractivity contribution < 1.29 is 41.3 Å². The van der Waals surface area contributed by atoms with Crippen LogP contribution in [0.15, 0.2) is 41.7 Å². The smallest absolute Gasteiger partial charge is 0.452 e. The highest BCUT2D eigenvalue weighted by atomic mass is 32.3. The first-order valence-electron chi connectivity index (χ1n) is 15.7. The molecule has 264 valence electrons. The first-order chi connectivity index (χ1) is 23.0. The highest BCUT2D eigenvalue weighted by molar-refractivity contribution is 8.22. The molecule has 2 aliphatic heterocycles. The fraction of sp³-hybridized carbons (Fsp3) is 0.485. The van der Waals surface area contributed by atoms with Crippen LogP contribution in [-0.2, 0) is 27.0 Å². The topological polar surface area (TPSA) is 144 Å². The highest BCUT2D eigenvalue weighted by Crippen LogP contribution is 2.59. The number of hydrogen-bond donors (Lipinski definition) is 2. The number of rotatable bonds is 6. The summed E-state index contributed by atoms with van der Waals surface area (Å²) in [6.45, 7) is 9.74. The second kappa shape index (κ2) is 12.5. The van der Waals surface area contributed by atoms with Gasteiger partial charge in [0.05, 0.1) is 32.3 Å². The van der Waals surface area contributed by atoms with Crippen LogP contribution in [0.1, 0.15) is 71.9 Å². The van der Waals surface area contributed by atoms with E-state index in [1.165, 1.54) is 19.4 Å². The molecule has 49 heavy (non-hydrogen) atoms. The second-order valence-corrected chi connectivity index (χ2v) is 15.3. The van der Waals surface area contributed by atoms with Crippen LogP contribution in [0.4, 0.5) is 13.2 Å². The van der Waals surface area contributed by atoms with Gasteiger partial charge in [-0.3, -0.25) is 23.3 Å². The Kier molecular flexibility index (Phi) is 8.93. The molecular formula is C33H39F3N6O6S. The molecule has 16 heteroatoms. The maximum absolute atomic E-state index is 13.7. The van der Waals surface area contributed by atoms with Crippen LogP contribution in [0.2, 0.25) is 0 Å². The molecule has 1 saturated heterocycles. The maximum Gasteiger partial charge on any atom is 0.452 e. The SMILES string of the molecule is COC(=O)C(C)(C)C(c1cnc(C)c(CN2CC3(CCOCC3)Oc3ncc(C)cc3S2(O)O)c1)c1ccn2c(C(F)(F)F)nnc2c1C. The number of halogens is 3. The summed E-state index contributed by atoms with van der Waals surface area (Å²) in [4.78, 5) is 22.6. The van der Waals surface area contributed by atoms with Crippen LogP contribution in [0.5, 0.6) is 5.88 Å². The summed E-state index contributed by atoms with van der Waals surface area (Å²) >= 11 is 0. The number of pyridine rings is 3. The van der Waals surface area contributed by atoms with Gasteiger partial charge in [0.25, 0.3) is 0 Å². The molecule has 1 atom stereocenters. The number of methoxy groups -OCH3 is 1. The van der Waals surface area contributed by atoms with E-state index in [-0.39, 0.29) is 29.5 Å². The lowest BCUT2D eigenvalue weighted by atomic mass is 9.70. The number of ether oxygens (including phenoxy) is 3. The third-order valence-electron chi connectivity index (χ3n) is 9.55. The third kappa shape index (κ3) is 6.24. The highest BCUT2D eigenvalue weighted by Gasteiger charge is 2.47. The summed E-state index contributed by atoms with van der Waals surface area (Å²) in [5.74, 6) is -2.29. The van der Waals surface area contributed by atoms with E-state index in [4.69, 9.17) is 14.2 Å². The molecule has 4 aromatic heterocycles. The molecular weight excluding hydrogens is 665 g/mol. The maximum atomic E-state index is 13.7. The van der Waals surface area contributed by atoms with Gasteiger partial charge in [-0.1, -0.05) is 6.07 Å². The third-order valence-corrected chi connectivity index (χ3v) is 11.4. The van der Waals surface area contributed by atoms with Crippen LogP contribution in [0.25, 0.3) is 5.65 Å². The van der Waals surface area contributed by atoms with Gasteiger partial charge in [-0.25, -0.2) is 4.98 Å². The van der Waals surface area contributed by atoms with Gasteiger partial charge in [-0.15, -0.1) is 21.0 Å². The summed E-state index contributed by atoms with van der Waals surface area (Å²) in [5, 5.41) is 7.24. The van der Waals surface area contributed by atoms with Crippen molar-refractivity contribution in [2.24, 2.45) is 5.41 Å². The van der Waals surface area contributed by atoms with Crippen molar-refractivity contribution in [3.8, 4) is 5.88 Å². The van der Waals surface area contributed by atoms with Gasteiger partial charge >= 0.3 is 12.1 Å². The molecule has 1 spiro atoms. The largest absolute Gasteiger partial charge is 0.469 e. The summed E-state index contributed by atoms with van der Waals surface area (Å²) < 4.78 is 84.5. The lowest BCUT2D eigenvalue weighted by Gasteiger charge is -2.44. The Labute approximate surface area is 283 Å². The molecule has 0 aromatic carbocycles. The van der Waals surface area contributed by atoms with Gasteiger partial charge < -0.3 is 14.2 Å². The zero-order chi connectivity index (χ0) is 35.5. The standard InChI is InChI=1S/C33H39F3N6O6S/c1-19-13-25-28(38-15-19)48-32(8-11-47-12-9-32)18-41(49(25,44)45)17-23-14-22(16-37-21(23)3)26(31(4,5)30(43)46-6)24-7-10-42-27(20(24)2)39-40-29(42)33(34,35)36/h7,10,13-16,26,44-45H,8-9,11-12,17-18H2,1-6H3. The number of fused-ring (bicyclic) bond motifs is 2. The Morgan fingerprint density at radius 3 is 2.49 bits per heavy atom. The Morgan fingerprint density at radius 2 is 1.82 bits per heavy atom. The van der Waals surface area contributed by atoms with Crippen molar-refractivity contribution in [3.63, 3.8) is 0 Å². The average Bonchev–Trinajstić information content (AvgIpc) is 3.47. The molecule has 6 heterocycles. The number of hydrogen-bond acceptors (Lipinski definition) is 11. The molecule has 0 saturated carbocycles. The Hall–Kier alpha value is -3.83. The molecule has 0 amide bonds. The number of carbonyl (C=O) groups excluding carboxylic acids is 1. The zero-order valence-corrected chi connectivity index (χ0v) is 28.9. The minimum atomic E-state index is -4.72. The van der Waals surface area contributed by atoms with Crippen LogP contribution >= 0.6 is 10.8 Å². The van der Waals surface area contributed by atoms with Gasteiger partial charge in [0, 0.05) is 49.6 Å². The molecule has 6 rings (SSSR count). The van der Waals surface area contributed by atoms with E-state index in [0.29, 0.717) is 54.0 Å². The minimum Gasteiger partial charge on any atom is -0.469 e. The van der Waals surface area contributed by atoms with E-state index in [2.05, 4.69) is 20.2 Å². The average molecular weight is 705 g/mol. The molecule has 12 nitrogen and oxygen atoms in total. The predicted octanol–water partition coefficient (Wildman–Crippen LogP) is 6.26. The van der Waals surface area contributed by atoms with E-state index < -0.39 is 45.7 Å². The van der Waals surface area contributed by atoms with Gasteiger partial charge in [0.15, 0.2) is 5.65 Å². The van der Waals surface area contributed by atoms with Gasteiger partial charge in [-0.05, 0) is 74.6 Å². The minimum absolute atomic E-state index is 0.00127. The number of alkyl halides is 3. The zero-order valence-electron chi connectivity index (χ0n) is 28.0. The molecule has 2 N–H and O–H groups in total. The molecule has 4 aromatic rings. The van der Waals surface area contributed by atoms with E-state index in [0.717, 1.165) is 9.96 Å². The molecule has 0 radical (unpaired) electrons. The normalized spacial score (nSPS) is 19.2. The van der Waals surface area contributed by atoms with E-state index >= 15 is 0 Å². The molecule has 1 unspecified atom stereocenters. The predicted molar refractivity (Wildman–Crippen MR) is 173 cm³/mol. The fourth-order valence-corrected chi connectivity index (χ4v) is 8.50. The van der Waals surface area contributed by atoms with Crippen LogP contribution in [-0.4, -0.2) is 76.4 Å². The number of esters is 1. The summed E-state index contributed by atoms with van der Waals surface area (Å²) in [5.41, 5.74) is 1.48. The molecule has 0 aliphatic carbocycles. The van der Waals surface area contributed by atoms with Crippen LogP contribution in [0.3, 0.4) is 0 Å². The number of aromatic nitrogens is 5. The summed E-state index contributed by atoms with van der Waals surface area (Å²) in [6, 6.07) is 5.05. The molecule has 1 fully saturated rings. The van der Waals surface area contributed by atoms with E-state index in [9.17, 15) is 27.1 Å². The van der Waals surface area contributed by atoms with Crippen LogP contribution < -0.4 is 4.74 Å². The molecule has 0 bridgehead atoms. The van der Waals surface area contributed by atoms with Crippen molar-refractivity contribution in [1.82, 2.24) is 28.9 Å². The van der Waals surface area contributed by atoms with Crippen molar-refractivity contribution in [3.05, 3.63) is 76.1 Å². The Bertz CT molecular complexity index is 1910. The lowest BCUT2D eigenvalue weighted by molar-refractivity contribution is -0.151. The van der Waals surface area contributed by atoms with E-state index in [1.807, 2.05) is 13.0 Å². The first kappa shape index (κ1) is 35.0. The Morgan fingerprint density at radius 1 is 1.10 bits per heavy atom. The number of carbonyl (C=O) groups is 1. The summed E-state index contributed by atoms with van der Waals surface area (Å²) in [7, 11) is -2.34. The van der Waals surface area contributed by atoms with Gasteiger partial charge in [0.1, 0.15) is 10.5 Å². The second-order valence-electron chi connectivity index (χ2n) is 13.3. The first-order valence-corrected chi connectivity index (χ1v) is 17.2. The van der Waals surface area contributed by atoms with Crippen molar-refractivity contribution in [2.75, 3.05) is 26.9 Å². The fourth-order valence-electron chi connectivity index (χ4n) is 6.81. The van der Waals surface area contributed by atoms with Gasteiger partial charge in [0.2, 0.25) is 11.7 Å². The van der Waals surface area contributed by atoms with Gasteiger partial charge in [-0.2, -0.15) is 17.5 Å². The van der Waals surface area contributed by atoms with E-state index in [1.54, 1.807) is 50.5 Å². The van der Waals surface area contributed by atoms with Crippen molar-refractivity contribution in [1.29, 1.82) is 0 Å². The monoisotopic (exact) mass is 704 g/mol. The number of nitrogens with zero attached hydrogens (tertiary/aromatic N) is 6. The number of aryl methyl sites for hydroxylation is 3.